The number of halogens is 1. The second kappa shape index (κ2) is 9.32. The molecule has 1 aromatic carbocycles. The molecule has 2 heterocycles. The first-order valence-corrected chi connectivity index (χ1v) is 10.5. The van der Waals surface area contributed by atoms with Gasteiger partial charge in [-0.1, -0.05) is 13.8 Å². The Hall–Kier alpha value is -3.16. The number of carbonyl (C=O) groups excluding carboxylic acids is 3. The molecule has 0 radical (unpaired) electrons. The zero-order valence-corrected chi connectivity index (χ0v) is 18.4. The lowest BCUT2D eigenvalue weighted by atomic mass is 9.95. The lowest BCUT2D eigenvalue weighted by Gasteiger charge is -2.32. The number of carbonyl (C=O) groups is 3. The molecule has 1 aromatic heterocycles. The lowest BCUT2D eigenvalue weighted by molar-refractivity contribution is -0.138. The van der Waals surface area contributed by atoms with E-state index in [0.717, 1.165) is 11.4 Å². The molecule has 0 spiro atoms. The third kappa shape index (κ3) is 4.95. The van der Waals surface area contributed by atoms with E-state index in [9.17, 15) is 18.8 Å². The van der Waals surface area contributed by atoms with Crippen molar-refractivity contribution < 1.29 is 18.8 Å². The minimum Gasteiger partial charge on any atom is -0.342 e. The number of nitrogens with one attached hydrogen (secondary N) is 2. The molecular formula is C23H29FN4O3. The summed E-state index contributed by atoms with van der Waals surface area (Å²) in [6.45, 7) is 8.48. The summed E-state index contributed by atoms with van der Waals surface area (Å²) in [4.78, 5) is 39.0. The average molecular weight is 429 g/mol. The molecule has 7 nitrogen and oxygen atoms in total. The van der Waals surface area contributed by atoms with Crippen molar-refractivity contribution in [1.29, 1.82) is 0 Å². The van der Waals surface area contributed by atoms with Crippen molar-refractivity contribution in [3.63, 3.8) is 0 Å². The predicted octanol–water partition coefficient (Wildman–Crippen LogP) is 2.89. The van der Waals surface area contributed by atoms with Crippen LogP contribution in [-0.2, 0) is 9.59 Å². The van der Waals surface area contributed by atoms with Crippen molar-refractivity contribution in [1.82, 2.24) is 20.3 Å². The normalized spacial score (nSPS) is 14.6. The maximum atomic E-state index is 13.2. The van der Waals surface area contributed by atoms with Crippen LogP contribution in [0.25, 0.3) is 5.69 Å². The number of nitrogens with zero attached hydrogens (tertiary/aromatic N) is 2. The molecule has 2 N–H and O–H groups in total. The van der Waals surface area contributed by atoms with Crippen LogP contribution in [0.15, 0.2) is 30.3 Å². The van der Waals surface area contributed by atoms with E-state index in [1.165, 1.54) is 12.1 Å². The third-order valence-electron chi connectivity index (χ3n) is 5.73. The second-order valence-corrected chi connectivity index (χ2v) is 8.29. The van der Waals surface area contributed by atoms with Gasteiger partial charge in [0, 0.05) is 42.0 Å². The molecule has 1 aliphatic rings. The fraction of sp³-hybridized carbons (Fsp3) is 0.435. The number of likely N-dealkylation sites (tertiary alicyclic amines) is 1. The number of rotatable bonds is 4. The van der Waals surface area contributed by atoms with E-state index in [1.54, 1.807) is 30.0 Å². The van der Waals surface area contributed by atoms with Crippen LogP contribution in [0, 0.1) is 31.5 Å². The number of benzene rings is 1. The molecule has 0 aliphatic carbocycles. The van der Waals surface area contributed by atoms with Crippen molar-refractivity contribution in [2.45, 2.75) is 40.5 Å². The van der Waals surface area contributed by atoms with Gasteiger partial charge in [0.25, 0.3) is 5.91 Å². The van der Waals surface area contributed by atoms with Crippen molar-refractivity contribution in [2.75, 3.05) is 13.1 Å². The number of aromatic nitrogens is 1. The third-order valence-corrected chi connectivity index (χ3v) is 5.73. The molecule has 1 aliphatic heterocycles. The van der Waals surface area contributed by atoms with Crippen LogP contribution in [0.4, 0.5) is 4.39 Å². The van der Waals surface area contributed by atoms with Crippen LogP contribution in [0.5, 0.6) is 0 Å². The van der Waals surface area contributed by atoms with E-state index in [1.807, 2.05) is 25.3 Å². The summed E-state index contributed by atoms with van der Waals surface area (Å²) in [7, 11) is 0. The van der Waals surface area contributed by atoms with Gasteiger partial charge in [-0.2, -0.15) is 0 Å². The van der Waals surface area contributed by atoms with Gasteiger partial charge in [-0.3, -0.25) is 25.2 Å². The van der Waals surface area contributed by atoms with Gasteiger partial charge in [0.05, 0.1) is 5.56 Å². The first kappa shape index (κ1) is 22.5. The van der Waals surface area contributed by atoms with Crippen LogP contribution >= 0.6 is 0 Å². The predicted molar refractivity (Wildman–Crippen MR) is 115 cm³/mol. The minimum atomic E-state index is -0.415. The zero-order valence-electron chi connectivity index (χ0n) is 18.4. The summed E-state index contributed by atoms with van der Waals surface area (Å²) in [6, 6.07) is 7.77. The number of piperidine rings is 1. The van der Waals surface area contributed by atoms with Crippen LogP contribution < -0.4 is 10.9 Å². The van der Waals surface area contributed by atoms with Gasteiger partial charge in [-0.25, -0.2) is 4.39 Å². The first-order chi connectivity index (χ1) is 14.7. The standard InChI is InChI=1S/C23H29FN4O3/c1-14(2)23(31)27-11-9-17(10-12-27)21(29)25-26-22(30)20-13-15(3)28(16(20)4)19-7-5-18(24)6-8-19/h5-8,13-14,17H,9-12H2,1-4H3,(H,25,29)(H,26,30). The van der Waals surface area contributed by atoms with Gasteiger partial charge in [-0.15, -0.1) is 0 Å². The van der Waals surface area contributed by atoms with Gasteiger partial charge in [-0.05, 0) is 57.0 Å². The summed E-state index contributed by atoms with van der Waals surface area (Å²) in [5.41, 5.74) is 7.71. The largest absolute Gasteiger partial charge is 0.342 e. The summed E-state index contributed by atoms with van der Waals surface area (Å²) >= 11 is 0. The van der Waals surface area contributed by atoms with Crippen molar-refractivity contribution in [2.24, 2.45) is 11.8 Å². The Balaban J connectivity index is 1.59. The zero-order chi connectivity index (χ0) is 22.7. The number of amides is 3. The molecule has 8 heteroatoms. The van der Waals surface area contributed by atoms with Crippen LogP contribution in [0.1, 0.15) is 48.4 Å². The Labute approximate surface area is 181 Å². The van der Waals surface area contributed by atoms with Gasteiger partial charge in [0.15, 0.2) is 0 Å². The maximum Gasteiger partial charge on any atom is 0.271 e. The Morgan fingerprint density at radius 1 is 1.03 bits per heavy atom. The number of hydrogen-bond donors (Lipinski definition) is 2. The molecule has 0 bridgehead atoms. The number of aryl methyl sites for hydroxylation is 1. The first-order valence-electron chi connectivity index (χ1n) is 10.5. The van der Waals surface area contributed by atoms with Crippen molar-refractivity contribution in [3.05, 3.63) is 53.1 Å². The van der Waals surface area contributed by atoms with E-state index in [0.29, 0.717) is 37.2 Å². The Kier molecular flexibility index (Phi) is 6.77. The lowest BCUT2D eigenvalue weighted by Crippen LogP contribution is -2.48. The monoisotopic (exact) mass is 428 g/mol. The quantitative estimate of drug-likeness (QED) is 0.735. The van der Waals surface area contributed by atoms with Gasteiger partial charge >= 0.3 is 0 Å². The summed E-state index contributed by atoms with van der Waals surface area (Å²) in [5.74, 6) is -1.20. The average Bonchev–Trinajstić information content (AvgIpc) is 3.06. The van der Waals surface area contributed by atoms with E-state index in [4.69, 9.17) is 0 Å². The molecule has 1 fully saturated rings. The molecule has 0 saturated carbocycles. The molecule has 3 amide bonds. The summed E-state index contributed by atoms with van der Waals surface area (Å²) < 4.78 is 15.1. The highest BCUT2D eigenvalue weighted by atomic mass is 19.1. The Morgan fingerprint density at radius 3 is 2.23 bits per heavy atom. The SMILES string of the molecule is Cc1cc(C(=O)NNC(=O)C2CCN(C(=O)C(C)C)CC2)c(C)n1-c1ccc(F)cc1. The van der Waals surface area contributed by atoms with E-state index in [-0.39, 0.29) is 29.5 Å². The molecule has 0 unspecified atom stereocenters. The van der Waals surface area contributed by atoms with Crippen molar-refractivity contribution in [3.8, 4) is 5.69 Å². The molecule has 166 valence electrons. The highest BCUT2D eigenvalue weighted by Gasteiger charge is 2.28. The molecule has 1 saturated heterocycles. The van der Waals surface area contributed by atoms with E-state index in [2.05, 4.69) is 10.9 Å². The fourth-order valence-electron chi connectivity index (χ4n) is 4.00. The highest BCUT2D eigenvalue weighted by Crippen LogP contribution is 2.21. The molecule has 31 heavy (non-hydrogen) atoms. The minimum absolute atomic E-state index is 0.0569. The van der Waals surface area contributed by atoms with Gasteiger partial charge < -0.3 is 9.47 Å². The molecular weight excluding hydrogens is 399 g/mol. The molecule has 0 atom stereocenters. The molecule has 2 aromatic rings. The Morgan fingerprint density at radius 2 is 1.65 bits per heavy atom. The highest BCUT2D eigenvalue weighted by molar-refractivity contribution is 5.97. The Bertz CT molecular complexity index is 973. The molecule has 3 rings (SSSR count). The number of hydrogen-bond acceptors (Lipinski definition) is 3. The second-order valence-electron chi connectivity index (χ2n) is 8.29. The van der Waals surface area contributed by atoms with Crippen molar-refractivity contribution >= 4 is 17.7 Å². The van der Waals surface area contributed by atoms with E-state index >= 15 is 0 Å². The fourth-order valence-corrected chi connectivity index (χ4v) is 4.00. The summed E-state index contributed by atoms with van der Waals surface area (Å²) in [6.07, 6.45) is 1.14. The maximum absolute atomic E-state index is 13.2. The van der Waals surface area contributed by atoms with Crippen LogP contribution in [0.2, 0.25) is 0 Å². The van der Waals surface area contributed by atoms with E-state index < -0.39 is 5.91 Å². The topological polar surface area (TPSA) is 83.4 Å². The smallest absolute Gasteiger partial charge is 0.271 e. The van der Waals surface area contributed by atoms with Gasteiger partial charge in [0.2, 0.25) is 11.8 Å². The van der Waals surface area contributed by atoms with Crippen LogP contribution in [0.3, 0.4) is 0 Å². The van der Waals surface area contributed by atoms with Crippen LogP contribution in [-0.4, -0.2) is 40.3 Å². The number of hydrazine groups is 1. The van der Waals surface area contributed by atoms with Gasteiger partial charge in [0.1, 0.15) is 5.82 Å². The summed E-state index contributed by atoms with van der Waals surface area (Å²) in [5, 5.41) is 0.